The van der Waals surface area contributed by atoms with Gasteiger partial charge in [0, 0.05) is 19.6 Å². The number of benzene rings is 1. The Morgan fingerprint density at radius 1 is 1.32 bits per heavy atom. The van der Waals surface area contributed by atoms with Gasteiger partial charge in [0.15, 0.2) is 0 Å². The van der Waals surface area contributed by atoms with Crippen molar-refractivity contribution in [3.8, 4) is 0 Å². The summed E-state index contributed by atoms with van der Waals surface area (Å²) in [5.74, 6) is -0.151. The molecular formula is C15H20N2O4S. The fourth-order valence-corrected chi connectivity index (χ4v) is 4.80. The number of hydrogen-bond acceptors (Lipinski definition) is 4. The molecule has 0 saturated carbocycles. The maximum atomic E-state index is 12.9. The van der Waals surface area contributed by atoms with Gasteiger partial charge in [0.25, 0.3) is 0 Å². The van der Waals surface area contributed by atoms with Crippen molar-refractivity contribution in [3.05, 3.63) is 29.3 Å². The van der Waals surface area contributed by atoms with Gasteiger partial charge in [-0.15, -0.1) is 0 Å². The zero-order chi connectivity index (χ0) is 16.0. The Bertz CT molecular complexity index is 704. The summed E-state index contributed by atoms with van der Waals surface area (Å²) >= 11 is 0. The molecule has 2 saturated heterocycles. The zero-order valence-electron chi connectivity index (χ0n) is 12.8. The van der Waals surface area contributed by atoms with Crippen LogP contribution in [0.25, 0.3) is 0 Å². The van der Waals surface area contributed by atoms with Crippen molar-refractivity contribution < 1.29 is 17.9 Å². The Balaban J connectivity index is 1.85. The van der Waals surface area contributed by atoms with Crippen molar-refractivity contribution in [1.82, 2.24) is 9.62 Å². The van der Waals surface area contributed by atoms with Crippen molar-refractivity contribution in [1.29, 1.82) is 0 Å². The van der Waals surface area contributed by atoms with Crippen LogP contribution in [-0.4, -0.2) is 50.5 Å². The number of nitrogens with zero attached hydrogens (tertiary/aromatic N) is 1. The molecule has 1 unspecified atom stereocenters. The topological polar surface area (TPSA) is 75.7 Å². The summed E-state index contributed by atoms with van der Waals surface area (Å²) in [6.45, 7) is 4.73. The van der Waals surface area contributed by atoms with Crippen molar-refractivity contribution in [2.75, 3.05) is 26.2 Å². The molecule has 0 radical (unpaired) electrons. The molecule has 0 aliphatic carbocycles. The molecule has 2 aliphatic rings. The second-order valence-corrected chi connectivity index (χ2v) is 8.01. The third kappa shape index (κ3) is 2.64. The third-order valence-corrected chi connectivity index (χ3v) is 6.35. The Kier molecular flexibility index (Phi) is 3.74. The van der Waals surface area contributed by atoms with Crippen LogP contribution in [-0.2, 0) is 19.6 Å². The number of hydrogen-bond donors (Lipinski definition) is 1. The van der Waals surface area contributed by atoms with Crippen LogP contribution in [0.15, 0.2) is 23.1 Å². The lowest BCUT2D eigenvalue weighted by Gasteiger charge is -2.33. The van der Waals surface area contributed by atoms with E-state index in [2.05, 4.69) is 5.32 Å². The summed E-state index contributed by atoms with van der Waals surface area (Å²) in [6.07, 6.45) is 0.595. The van der Waals surface area contributed by atoms with Crippen LogP contribution in [0.1, 0.15) is 17.5 Å². The van der Waals surface area contributed by atoms with E-state index in [4.69, 9.17) is 4.74 Å². The summed E-state index contributed by atoms with van der Waals surface area (Å²) in [5, 5.41) is 2.76. The fourth-order valence-electron chi connectivity index (χ4n) is 2.98. The summed E-state index contributed by atoms with van der Waals surface area (Å²) in [5.41, 5.74) is 1.07. The molecule has 0 aromatic heterocycles. The van der Waals surface area contributed by atoms with Gasteiger partial charge >= 0.3 is 0 Å². The summed E-state index contributed by atoms with van der Waals surface area (Å²) in [6, 6.07) is 5.43. The predicted octanol–water partition coefficient (Wildman–Crippen LogP) is 0.583. The lowest BCUT2D eigenvalue weighted by Crippen LogP contribution is -2.54. The fraction of sp³-hybridized carbons (Fsp3) is 0.533. The average molecular weight is 324 g/mol. The van der Waals surface area contributed by atoms with Gasteiger partial charge < -0.3 is 10.1 Å². The van der Waals surface area contributed by atoms with Gasteiger partial charge in [-0.1, -0.05) is 12.1 Å². The number of carbonyl (C=O) groups is 1. The number of carbonyl (C=O) groups excluding carboxylic acids is 1. The largest absolute Gasteiger partial charge is 0.362 e. The molecule has 22 heavy (non-hydrogen) atoms. The third-order valence-electron chi connectivity index (χ3n) is 4.36. The smallest absolute Gasteiger partial charge is 0.246 e. The first kappa shape index (κ1) is 15.5. The van der Waals surface area contributed by atoms with E-state index in [1.807, 2.05) is 19.1 Å². The minimum atomic E-state index is -3.54. The average Bonchev–Trinajstić information content (AvgIpc) is 2.90. The first-order chi connectivity index (χ1) is 10.3. The van der Waals surface area contributed by atoms with Crippen LogP contribution in [0, 0.1) is 13.8 Å². The van der Waals surface area contributed by atoms with Crippen molar-refractivity contribution in [2.45, 2.75) is 30.8 Å². The molecule has 6 nitrogen and oxygen atoms in total. The number of amides is 1. The Morgan fingerprint density at radius 3 is 2.77 bits per heavy atom. The van der Waals surface area contributed by atoms with Gasteiger partial charge in [-0.05, 0) is 37.5 Å². The lowest BCUT2D eigenvalue weighted by atomic mass is 10.0. The molecule has 2 aliphatic heterocycles. The molecule has 1 N–H and O–H groups in total. The normalized spacial score (nSPS) is 26.4. The van der Waals surface area contributed by atoms with E-state index in [0.29, 0.717) is 24.4 Å². The van der Waals surface area contributed by atoms with E-state index in [0.717, 1.165) is 11.1 Å². The molecule has 1 spiro atoms. The monoisotopic (exact) mass is 324 g/mol. The number of nitrogens with one attached hydrogen (secondary N) is 1. The summed E-state index contributed by atoms with van der Waals surface area (Å²) < 4.78 is 32.9. The molecule has 7 heteroatoms. The highest BCUT2D eigenvalue weighted by atomic mass is 32.2. The van der Waals surface area contributed by atoms with Gasteiger partial charge in [0.2, 0.25) is 15.9 Å². The van der Waals surface area contributed by atoms with Crippen LogP contribution in [0.2, 0.25) is 0 Å². The SMILES string of the molecule is Cc1ccc(C)c(S(=O)(=O)N2CCC3(CNC(=O)CO3)C2)c1. The number of ether oxygens (including phenoxy) is 1. The molecule has 2 fully saturated rings. The van der Waals surface area contributed by atoms with Gasteiger partial charge in [-0.2, -0.15) is 4.31 Å². The predicted molar refractivity (Wildman–Crippen MR) is 81.0 cm³/mol. The van der Waals surface area contributed by atoms with Crippen LogP contribution >= 0.6 is 0 Å². The van der Waals surface area contributed by atoms with Crippen molar-refractivity contribution >= 4 is 15.9 Å². The second kappa shape index (κ2) is 5.33. The van der Waals surface area contributed by atoms with Gasteiger partial charge in [-0.3, -0.25) is 4.79 Å². The number of sulfonamides is 1. The minimum absolute atomic E-state index is 0.00262. The summed E-state index contributed by atoms with van der Waals surface area (Å²) in [4.78, 5) is 11.6. The van der Waals surface area contributed by atoms with Gasteiger partial charge in [0.1, 0.15) is 12.2 Å². The highest BCUT2D eigenvalue weighted by Gasteiger charge is 2.46. The molecule has 2 heterocycles. The Morgan fingerprint density at radius 2 is 2.09 bits per heavy atom. The molecule has 0 bridgehead atoms. The van der Waals surface area contributed by atoms with Crippen LogP contribution in [0.5, 0.6) is 0 Å². The molecule has 1 amide bonds. The Hall–Kier alpha value is -1.44. The van der Waals surface area contributed by atoms with Crippen molar-refractivity contribution in [2.24, 2.45) is 0 Å². The van der Waals surface area contributed by atoms with Crippen molar-refractivity contribution in [3.63, 3.8) is 0 Å². The van der Waals surface area contributed by atoms with Crippen LogP contribution in [0.3, 0.4) is 0 Å². The second-order valence-electron chi connectivity index (χ2n) is 6.11. The first-order valence-corrected chi connectivity index (χ1v) is 8.75. The first-order valence-electron chi connectivity index (χ1n) is 7.31. The minimum Gasteiger partial charge on any atom is -0.362 e. The van der Waals surface area contributed by atoms with E-state index in [-0.39, 0.29) is 19.1 Å². The highest BCUT2D eigenvalue weighted by molar-refractivity contribution is 7.89. The van der Waals surface area contributed by atoms with E-state index in [1.165, 1.54) is 4.31 Å². The molecule has 120 valence electrons. The standard InChI is InChI=1S/C15H20N2O4S/c1-11-3-4-12(2)13(7-11)22(19,20)17-6-5-15(10-17)9-16-14(18)8-21-15/h3-4,7H,5-6,8-10H2,1-2H3,(H,16,18). The lowest BCUT2D eigenvalue weighted by molar-refractivity contribution is -0.141. The molecule has 1 aromatic rings. The van der Waals surface area contributed by atoms with E-state index in [1.54, 1.807) is 13.0 Å². The van der Waals surface area contributed by atoms with E-state index in [9.17, 15) is 13.2 Å². The maximum Gasteiger partial charge on any atom is 0.246 e. The number of aryl methyl sites for hydroxylation is 2. The quantitative estimate of drug-likeness (QED) is 0.863. The van der Waals surface area contributed by atoms with E-state index < -0.39 is 15.6 Å². The molecular weight excluding hydrogens is 304 g/mol. The zero-order valence-corrected chi connectivity index (χ0v) is 13.6. The number of rotatable bonds is 2. The molecule has 3 rings (SSSR count). The summed E-state index contributed by atoms with van der Waals surface area (Å²) in [7, 11) is -3.54. The molecule has 1 atom stereocenters. The van der Waals surface area contributed by atoms with E-state index >= 15 is 0 Å². The molecule has 1 aromatic carbocycles. The van der Waals surface area contributed by atoms with Gasteiger partial charge in [0.05, 0.1) is 4.90 Å². The van der Waals surface area contributed by atoms with Gasteiger partial charge in [-0.25, -0.2) is 8.42 Å². The Labute approximate surface area is 130 Å². The van der Waals surface area contributed by atoms with Crippen LogP contribution in [0.4, 0.5) is 0 Å². The van der Waals surface area contributed by atoms with Crippen LogP contribution < -0.4 is 5.32 Å². The number of morpholine rings is 1. The maximum absolute atomic E-state index is 12.9. The highest BCUT2D eigenvalue weighted by Crippen LogP contribution is 2.32.